The zero-order chi connectivity index (χ0) is 20.3. The summed E-state index contributed by atoms with van der Waals surface area (Å²) >= 11 is 1.28. The second kappa shape index (κ2) is 8.35. The minimum absolute atomic E-state index is 0.0241. The second-order valence-electron chi connectivity index (χ2n) is 6.55. The number of nitro benzene ring substituents is 1. The number of carbonyl (C=O) groups is 1. The lowest BCUT2D eigenvalue weighted by Gasteiger charge is -2.09. The van der Waals surface area contributed by atoms with Crippen molar-refractivity contribution in [2.75, 3.05) is 0 Å². The maximum Gasteiger partial charge on any atom is 0.279 e. The van der Waals surface area contributed by atoms with Gasteiger partial charge in [0.2, 0.25) is 0 Å². The van der Waals surface area contributed by atoms with E-state index in [0.29, 0.717) is 22.7 Å². The second-order valence-corrected chi connectivity index (χ2v) is 7.56. The number of aromatic nitrogens is 1. The van der Waals surface area contributed by atoms with E-state index in [-0.39, 0.29) is 17.7 Å². The molecule has 7 nitrogen and oxygen atoms in total. The molecule has 1 aromatic heterocycles. The zero-order valence-electron chi connectivity index (χ0n) is 15.9. The fourth-order valence-electron chi connectivity index (χ4n) is 2.80. The quantitative estimate of drug-likeness (QED) is 0.449. The summed E-state index contributed by atoms with van der Waals surface area (Å²) in [7, 11) is 0. The van der Waals surface area contributed by atoms with E-state index >= 15 is 0 Å². The van der Waals surface area contributed by atoms with Gasteiger partial charge in [0, 0.05) is 24.2 Å². The van der Waals surface area contributed by atoms with Gasteiger partial charge in [-0.1, -0.05) is 18.3 Å². The molecule has 0 saturated carbocycles. The molecule has 146 valence electrons. The summed E-state index contributed by atoms with van der Waals surface area (Å²) in [6, 6.07) is 11.6. The molecule has 1 amide bonds. The zero-order valence-corrected chi connectivity index (χ0v) is 16.7. The van der Waals surface area contributed by atoms with E-state index < -0.39 is 4.92 Å². The molecule has 0 unspecified atom stereocenters. The summed E-state index contributed by atoms with van der Waals surface area (Å²) in [5.41, 5.74) is 1.32. The minimum Gasteiger partial charge on any atom is -0.491 e. The monoisotopic (exact) mass is 399 g/mol. The number of fused-ring (bicyclic) bond motifs is 1. The highest BCUT2D eigenvalue weighted by Gasteiger charge is 2.13. The van der Waals surface area contributed by atoms with Crippen molar-refractivity contribution in [2.24, 2.45) is 4.99 Å². The third-order valence-corrected chi connectivity index (χ3v) is 5.04. The smallest absolute Gasteiger partial charge is 0.279 e. The van der Waals surface area contributed by atoms with Gasteiger partial charge >= 0.3 is 0 Å². The van der Waals surface area contributed by atoms with Crippen molar-refractivity contribution in [2.45, 2.75) is 39.8 Å². The van der Waals surface area contributed by atoms with Gasteiger partial charge in [0.15, 0.2) is 4.80 Å². The van der Waals surface area contributed by atoms with Crippen LogP contribution in [0.1, 0.15) is 37.6 Å². The summed E-state index contributed by atoms with van der Waals surface area (Å²) in [4.78, 5) is 28.1. The van der Waals surface area contributed by atoms with Crippen molar-refractivity contribution in [3.8, 4) is 5.75 Å². The number of benzene rings is 2. The highest BCUT2D eigenvalue weighted by molar-refractivity contribution is 7.16. The average Bonchev–Trinajstić information content (AvgIpc) is 2.98. The SMILES string of the molecule is CCCn1c(=NC(=O)c2ccc(OC(C)C)cc2)sc2cc([N+](=O)[O-])ccc21. The standard InChI is InChI=1S/C20H21N3O4S/c1-4-11-22-17-10-7-15(23(25)26)12-18(17)28-20(22)21-19(24)14-5-8-16(9-6-14)27-13(2)3/h5-10,12-13H,4,11H2,1-3H3. The van der Waals surface area contributed by atoms with Crippen LogP contribution in [0, 0.1) is 10.1 Å². The number of non-ortho nitro benzene ring substituents is 1. The van der Waals surface area contributed by atoms with Gasteiger partial charge < -0.3 is 9.30 Å². The van der Waals surface area contributed by atoms with Gasteiger partial charge in [-0.2, -0.15) is 4.99 Å². The fraction of sp³-hybridized carbons (Fsp3) is 0.300. The number of hydrogen-bond donors (Lipinski definition) is 0. The van der Waals surface area contributed by atoms with E-state index in [1.807, 2.05) is 25.3 Å². The first-order valence-electron chi connectivity index (χ1n) is 9.02. The Labute approximate surface area is 166 Å². The van der Waals surface area contributed by atoms with Crippen LogP contribution in [0.5, 0.6) is 5.75 Å². The Morgan fingerprint density at radius 2 is 1.96 bits per heavy atom. The van der Waals surface area contributed by atoms with Crippen molar-refractivity contribution >= 4 is 33.1 Å². The molecule has 0 N–H and O–H groups in total. The Morgan fingerprint density at radius 1 is 1.25 bits per heavy atom. The Hall–Kier alpha value is -3.00. The number of carbonyl (C=O) groups excluding carboxylic acids is 1. The van der Waals surface area contributed by atoms with Gasteiger partial charge in [0.25, 0.3) is 11.6 Å². The van der Waals surface area contributed by atoms with Gasteiger partial charge in [-0.05, 0) is 50.6 Å². The molecule has 0 bridgehead atoms. The molecule has 2 aromatic carbocycles. The van der Waals surface area contributed by atoms with E-state index in [4.69, 9.17) is 4.74 Å². The molecular weight excluding hydrogens is 378 g/mol. The molecule has 0 aliphatic rings. The van der Waals surface area contributed by atoms with Crippen LogP contribution in [0.3, 0.4) is 0 Å². The molecule has 3 rings (SSSR count). The number of ether oxygens (including phenoxy) is 1. The largest absolute Gasteiger partial charge is 0.491 e. The van der Waals surface area contributed by atoms with Crippen molar-refractivity contribution in [1.82, 2.24) is 4.57 Å². The Kier molecular flexibility index (Phi) is 5.89. The molecule has 0 spiro atoms. The summed E-state index contributed by atoms with van der Waals surface area (Å²) in [6.07, 6.45) is 0.910. The van der Waals surface area contributed by atoms with Crippen LogP contribution in [0.25, 0.3) is 10.2 Å². The maximum atomic E-state index is 12.6. The predicted molar refractivity (Wildman–Crippen MR) is 109 cm³/mol. The first-order chi connectivity index (χ1) is 13.4. The number of aryl methyl sites for hydroxylation is 1. The van der Waals surface area contributed by atoms with Gasteiger partial charge in [-0.15, -0.1) is 0 Å². The molecule has 0 saturated heterocycles. The molecule has 0 aliphatic heterocycles. The van der Waals surface area contributed by atoms with Crippen molar-refractivity contribution < 1.29 is 14.5 Å². The lowest BCUT2D eigenvalue weighted by atomic mass is 10.2. The molecule has 8 heteroatoms. The fourth-order valence-corrected chi connectivity index (χ4v) is 3.89. The summed E-state index contributed by atoms with van der Waals surface area (Å²) in [6.45, 7) is 6.57. The first-order valence-corrected chi connectivity index (χ1v) is 9.84. The lowest BCUT2D eigenvalue weighted by Crippen LogP contribution is -2.16. The maximum absolute atomic E-state index is 12.6. The summed E-state index contributed by atoms with van der Waals surface area (Å²) in [5.74, 6) is 0.337. The molecule has 28 heavy (non-hydrogen) atoms. The van der Waals surface area contributed by atoms with E-state index in [1.165, 1.54) is 23.5 Å². The van der Waals surface area contributed by atoms with Crippen molar-refractivity contribution in [3.05, 3.63) is 62.9 Å². The van der Waals surface area contributed by atoms with Crippen LogP contribution < -0.4 is 9.54 Å². The minimum atomic E-state index is -0.425. The first kappa shape index (κ1) is 19.8. The number of nitrogens with zero attached hydrogens (tertiary/aromatic N) is 3. The summed E-state index contributed by atoms with van der Waals surface area (Å²) < 4.78 is 8.25. The molecule has 0 aliphatic carbocycles. The van der Waals surface area contributed by atoms with E-state index in [1.54, 1.807) is 30.3 Å². The third-order valence-electron chi connectivity index (χ3n) is 3.99. The van der Waals surface area contributed by atoms with Crippen LogP contribution in [-0.4, -0.2) is 21.5 Å². The van der Waals surface area contributed by atoms with Crippen LogP contribution >= 0.6 is 11.3 Å². The number of rotatable bonds is 6. The number of nitro groups is 1. The van der Waals surface area contributed by atoms with Gasteiger partial charge in [-0.3, -0.25) is 14.9 Å². The normalized spacial score (nSPS) is 11.9. The molecule has 0 radical (unpaired) electrons. The van der Waals surface area contributed by atoms with Crippen molar-refractivity contribution in [3.63, 3.8) is 0 Å². The highest BCUT2D eigenvalue weighted by Crippen LogP contribution is 2.23. The molecular formula is C20H21N3O4S. The third kappa shape index (κ3) is 4.28. The molecule has 3 aromatic rings. The average molecular weight is 399 g/mol. The van der Waals surface area contributed by atoms with Crippen LogP contribution in [0.2, 0.25) is 0 Å². The topological polar surface area (TPSA) is 86.7 Å². The number of amides is 1. The van der Waals surface area contributed by atoms with E-state index in [2.05, 4.69) is 4.99 Å². The Bertz CT molecular complexity index is 1080. The molecule has 1 heterocycles. The molecule has 0 atom stereocenters. The summed E-state index contributed by atoms with van der Waals surface area (Å²) in [5, 5.41) is 11.0. The van der Waals surface area contributed by atoms with E-state index in [0.717, 1.165) is 16.6 Å². The van der Waals surface area contributed by atoms with Gasteiger partial charge in [0.1, 0.15) is 5.75 Å². The van der Waals surface area contributed by atoms with Crippen LogP contribution in [0.4, 0.5) is 5.69 Å². The highest BCUT2D eigenvalue weighted by atomic mass is 32.1. The Morgan fingerprint density at radius 3 is 2.57 bits per heavy atom. The number of thiazole rings is 1. The van der Waals surface area contributed by atoms with Crippen LogP contribution in [-0.2, 0) is 6.54 Å². The van der Waals surface area contributed by atoms with Crippen molar-refractivity contribution in [1.29, 1.82) is 0 Å². The van der Waals surface area contributed by atoms with Gasteiger partial charge in [0.05, 0.1) is 21.2 Å². The van der Waals surface area contributed by atoms with Gasteiger partial charge in [-0.25, -0.2) is 0 Å². The lowest BCUT2D eigenvalue weighted by molar-refractivity contribution is -0.384. The number of hydrogen-bond acceptors (Lipinski definition) is 5. The molecule has 0 fully saturated rings. The Balaban J connectivity index is 2.00. The van der Waals surface area contributed by atoms with Crippen LogP contribution in [0.15, 0.2) is 47.5 Å². The van der Waals surface area contributed by atoms with E-state index in [9.17, 15) is 14.9 Å². The predicted octanol–water partition coefficient (Wildman–Crippen LogP) is 4.55.